The van der Waals surface area contributed by atoms with Crippen LogP contribution in [0.2, 0.25) is 0 Å². The van der Waals surface area contributed by atoms with Gasteiger partial charge in [0.15, 0.2) is 0 Å². The summed E-state index contributed by atoms with van der Waals surface area (Å²) in [5, 5.41) is 11.1. The van der Waals surface area contributed by atoms with E-state index in [-0.39, 0.29) is 5.41 Å². The zero-order valence-corrected chi connectivity index (χ0v) is 10.6. The second-order valence-corrected chi connectivity index (χ2v) is 5.84. The summed E-state index contributed by atoms with van der Waals surface area (Å²) in [6.07, 6.45) is 5.55. The molecule has 0 atom stereocenters. The number of hydrogen-bond donors (Lipinski definition) is 2. The van der Waals surface area contributed by atoms with Crippen LogP contribution < -0.4 is 5.32 Å². The smallest absolute Gasteiger partial charge is 0.0981 e. The number of nitrogens with one attached hydrogen (secondary N) is 2. The molecule has 2 aromatic rings. The molecular formula is C11H16N4S. The molecule has 0 aliphatic rings. The number of anilines is 1. The molecule has 0 aliphatic heterocycles. The molecule has 2 rings (SSSR count). The van der Waals surface area contributed by atoms with Gasteiger partial charge in [0.25, 0.3) is 0 Å². The number of hydrogen-bond acceptors (Lipinski definition) is 4. The lowest BCUT2D eigenvalue weighted by molar-refractivity contribution is 0.585. The first-order valence-corrected chi connectivity index (χ1v) is 6.05. The molecule has 0 unspecified atom stereocenters. The Hall–Kier alpha value is -1.36. The summed E-state index contributed by atoms with van der Waals surface area (Å²) in [6.45, 7) is 7.34. The van der Waals surface area contributed by atoms with Crippen LogP contribution in [-0.2, 0) is 12.0 Å². The van der Waals surface area contributed by atoms with Gasteiger partial charge in [0, 0.05) is 22.7 Å². The van der Waals surface area contributed by atoms with Crippen molar-refractivity contribution < 1.29 is 0 Å². The van der Waals surface area contributed by atoms with Crippen LogP contribution in [0.1, 0.15) is 30.7 Å². The minimum Gasteiger partial charge on any atom is -0.378 e. The van der Waals surface area contributed by atoms with Crippen LogP contribution in [-0.4, -0.2) is 15.2 Å². The lowest BCUT2D eigenvalue weighted by Crippen LogP contribution is -2.09. The molecule has 2 heterocycles. The number of aromatic amines is 1. The highest BCUT2D eigenvalue weighted by Gasteiger charge is 2.17. The van der Waals surface area contributed by atoms with Gasteiger partial charge in [-0.3, -0.25) is 5.10 Å². The van der Waals surface area contributed by atoms with Crippen molar-refractivity contribution in [1.29, 1.82) is 0 Å². The minimum absolute atomic E-state index is 0.137. The van der Waals surface area contributed by atoms with Crippen molar-refractivity contribution in [2.75, 3.05) is 5.32 Å². The first kappa shape index (κ1) is 11.1. The molecule has 86 valence electrons. The van der Waals surface area contributed by atoms with Gasteiger partial charge in [-0.2, -0.15) is 5.10 Å². The molecule has 0 saturated heterocycles. The third kappa shape index (κ3) is 2.61. The van der Waals surface area contributed by atoms with E-state index < -0.39 is 0 Å². The highest BCUT2D eigenvalue weighted by atomic mass is 32.1. The van der Waals surface area contributed by atoms with Gasteiger partial charge in [-0.05, 0) is 0 Å². The van der Waals surface area contributed by atoms with E-state index in [1.54, 1.807) is 17.5 Å². The Kier molecular flexibility index (Phi) is 2.96. The van der Waals surface area contributed by atoms with Crippen molar-refractivity contribution >= 4 is 17.0 Å². The maximum Gasteiger partial charge on any atom is 0.0981 e. The van der Waals surface area contributed by atoms with Gasteiger partial charge in [0.1, 0.15) is 0 Å². The van der Waals surface area contributed by atoms with Gasteiger partial charge in [-0.25, -0.2) is 4.98 Å². The average molecular weight is 236 g/mol. The second-order valence-electron chi connectivity index (χ2n) is 4.72. The van der Waals surface area contributed by atoms with Crippen LogP contribution in [0.25, 0.3) is 0 Å². The van der Waals surface area contributed by atoms with Crippen molar-refractivity contribution in [2.24, 2.45) is 0 Å². The predicted octanol–water partition coefficient (Wildman–Crippen LogP) is 2.78. The monoisotopic (exact) mass is 236 g/mol. The summed E-state index contributed by atoms with van der Waals surface area (Å²) in [7, 11) is 0. The van der Waals surface area contributed by atoms with Crippen LogP contribution in [0.15, 0.2) is 18.6 Å². The molecule has 0 saturated carbocycles. The van der Waals surface area contributed by atoms with Crippen molar-refractivity contribution in [3.05, 3.63) is 28.5 Å². The molecule has 0 bridgehead atoms. The number of H-pyrrole nitrogens is 1. The highest BCUT2D eigenvalue weighted by Crippen LogP contribution is 2.27. The zero-order chi connectivity index (χ0) is 11.6. The van der Waals surface area contributed by atoms with Crippen LogP contribution in [0.4, 0.5) is 5.69 Å². The normalized spacial score (nSPS) is 11.7. The van der Waals surface area contributed by atoms with Crippen molar-refractivity contribution in [3.8, 4) is 0 Å². The molecular weight excluding hydrogens is 220 g/mol. The molecule has 0 aliphatic carbocycles. The number of rotatable bonds is 3. The average Bonchev–Trinajstić information content (AvgIpc) is 2.85. The van der Waals surface area contributed by atoms with Gasteiger partial charge in [-0.15, -0.1) is 11.3 Å². The van der Waals surface area contributed by atoms with Crippen LogP contribution >= 0.6 is 11.3 Å². The van der Waals surface area contributed by atoms with E-state index in [1.165, 1.54) is 9.88 Å². The fourth-order valence-electron chi connectivity index (χ4n) is 1.27. The summed E-state index contributed by atoms with van der Waals surface area (Å²) in [5.41, 5.74) is 1.14. The largest absolute Gasteiger partial charge is 0.378 e. The van der Waals surface area contributed by atoms with Crippen molar-refractivity contribution in [1.82, 2.24) is 15.2 Å². The molecule has 0 aromatic carbocycles. The molecule has 4 nitrogen and oxygen atoms in total. The minimum atomic E-state index is 0.137. The Morgan fingerprint density at radius 1 is 1.38 bits per heavy atom. The van der Waals surface area contributed by atoms with Crippen molar-refractivity contribution in [3.63, 3.8) is 0 Å². The Balaban J connectivity index is 1.98. The molecule has 16 heavy (non-hydrogen) atoms. The van der Waals surface area contributed by atoms with E-state index in [0.29, 0.717) is 0 Å². The van der Waals surface area contributed by atoms with E-state index in [0.717, 1.165) is 12.2 Å². The predicted molar refractivity (Wildman–Crippen MR) is 66.7 cm³/mol. The number of nitrogens with zero attached hydrogens (tertiary/aromatic N) is 2. The van der Waals surface area contributed by atoms with E-state index in [1.807, 2.05) is 12.4 Å². The molecule has 2 N–H and O–H groups in total. The lowest BCUT2D eigenvalue weighted by Gasteiger charge is -2.13. The van der Waals surface area contributed by atoms with E-state index in [9.17, 15) is 0 Å². The summed E-state index contributed by atoms with van der Waals surface area (Å²) in [5.74, 6) is 0. The van der Waals surface area contributed by atoms with Gasteiger partial charge in [0.2, 0.25) is 0 Å². The summed E-state index contributed by atoms with van der Waals surface area (Å²) < 4.78 is 0. The number of aromatic nitrogens is 3. The highest BCUT2D eigenvalue weighted by molar-refractivity contribution is 7.11. The number of thiazole rings is 1. The summed E-state index contributed by atoms with van der Waals surface area (Å²) in [6, 6.07) is 0. The standard InChI is InChI=1S/C11H16N4S/c1-11(2,3)10-13-7-9(16-10)6-12-8-4-14-15-5-8/h4-5,7,12H,6H2,1-3H3,(H,14,15). The Morgan fingerprint density at radius 2 is 2.19 bits per heavy atom. The summed E-state index contributed by atoms with van der Waals surface area (Å²) >= 11 is 1.76. The molecule has 5 heteroatoms. The van der Waals surface area contributed by atoms with Gasteiger partial charge in [0.05, 0.1) is 23.4 Å². The topological polar surface area (TPSA) is 53.6 Å². The SMILES string of the molecule is CC(C)(C)c1ncc(CNc2cn[nH]c2)s1. The van der Waals surface area contributed by atoms with Crippen LogP contribution in [0, 0.1) is 0 Å². The Bertz CT molecular complexity index is 439. The lowest BCUT2D eigenvalue weighted by atomic mass is 9.98. The zero-order valence-electron chi connectivity index (χ0n) is 9.74. The Labute approximate surface area is 99.1 Å². The van der Waals surface area contributed by atoms with E-state index in [4.69, 9.17) is 0 Å². The van der Waals surface area contributed by atoms with Crippen LogP contribution in [0.5, 0.6) is 0 Å². The van der Waals surface area contributed by atoms with Gasteiger partial charge < -0.3 is 5.32 Å². The third-order valence-corrected chi connectivity index (χ3v) is 3.58. The Morgan fingerprint density at radius 3 is 2.75 bits per heavy atom. The molecule has 2 aromatic heterocycles. The quantitative estimate of drug-likeness (QED) is 0.861. The first-order valence-electron chi connectivity index (χ1n) is 5.23. The second kappa shape index (κ2) is 4.25. The maximum absolute atomic E-state index is 4.44. The fraction of sp³-hybridized carbons (Fsp3) is 0.455. The molecule has 0 spiro atoms. The third-order valence-electron chi connectivity index (χ3n) is 2.16. The van der Waals surface area contributed by atoms with Gasteiger partial charge >= 0.3 is 0 Å². The fourth-order valence-corrected chi connectivity index (χ4v) is 2.18. The molecule has 0 amide bonds. The maximum atomic E-state index is 4.44. The van der Waals surface area contributed by atoms with Crippen LogP contribution in [0.3, 0.4) is 0 Å². The summed E-state index contributed by atoms with van der Waals surface area (Å²) in [4.78, 5) is 5.68. The van der Waals surface area contributed by atoms with E-state index >= 15 is 0 Å². The molecule has 0 fully saturated rings. The van der Waals surface area contributed by atoms with E-state index in [2.05, 4.69) is 41.3 Å². The first-order chi connectivity index (χ1) is 7.55. The molecule has 0 radical (unpaired) electrons. The van der Waals surface area contributed by atoms with Crippen molar-refractivity contribution in [2.45, 2.75) is 32.7 Å². The van der Waals surface area contributed by atoms with Gasteiger partial charge in [-0.1, -0.05) is 20.8 Å².